The summed E-state index contributed by atoms with van der Waals surface area (Å²) in [6.45, 7) is 1.91. The van der Waals surface area contributed by atoms with E-state index in [9.17, 15) is 18.0 Å². The molecule has 0 unspecified atom stereocenters. The van der Waals surface area contributed by atoms with Crippen molar-refractivity contribution < 1.29 is 18.0 Å². The van der Waals surface area contributed by atoms with Gasteiger partial charge in [-0.05, 0) is 31.7 Å². The van der Waals surface area contributed by atoms with Gasteiger partial charge in [-0.25, -0.2) is 0 Å². The van der Waals surface area contributed by atoms with Gasteiger partial charge in [0.2, 0.25) is 5.91 Å². The Balaban J connectivity index is 2.57. The van der Waals surface area contributed by atoms with E-state index in [-0.39, 0.29) is 18.5 Å². The van der Waals surface area contributed by atoms with E-state index in [0.717, 1.165) is 12.1 Å². The molecule has 0 aliphatic heterocycles. The van der Waals surface area contributed by atoms with Crippen molar-refractivity contribution in [2.24, 2.45) is 0 Å². The first kappa shape index (κ1) is 14.5. The van der Waals surface area contributed by atoms with E-state index in [1.165, 1.54) is 12.1 Å². The largest absolute Gasteiger partial charge is 0.416 e. The van der Waals surface area contributed by atoms with Gasteiger partial charge in [-0.1, -0.05) is 12.1 Å². The summed E-state index contributed by atoms with van der Waals surface area (Å²) in [5.41, 5.74) is -0.0687. The predicted octanol–water partition coefficient (Wildman–Crippen LogP) is 1.93. The monoisotopic (exact) mass is 260 g/mol. The summed E-state index contributed by atoms with van der Waals surface area (Å²) >= 11 is 0. The summed E-state index contributed by atoms with van der Waals surface area (Å²) in [4.78, 5) is 11.4. The van der Waals surface area contributed by atoms with Crippen molar-refractivity contribution in [2.45, 2.75) is 25.7 Å². The Hall–Kier alpha value is -1.56. The Morgan fingerprint density at radius 2 is 1.83 bits per heavy atom. The highest BCUT2D eigenvalue weighted by Gasteiger charge is 2.29. The molecule has 0 saturated carbocycles. The molecule has 2 N–H and O–H groups in total. The maximum Gasteiger partial charge on any atom is 0.416 e. The zero-order valence-electron chi connectivity index (χ0n) is 10.1. The van der Waals surface area contributed by atoms with Crippen LogP contribution in [0.2, 0.25) is 0 Å². The van der Waals surface area contributed by atoms with Gasteiger partial charge < -0.3 is 10.6 Å². The van der Waals surface area contributed by atoms with Crippen molar-refractivity contribution >= 4 is 5.91 Å². The second-order valence-corrected chi connectivity index (χ2v) is 3.92. The number of halogens is 3. The highest BCUT2D eigenvalue weighted by molar-refractivity contribution is 5.81. The molecule has 100 valence electrons. The van der Waals surface area contributed by atoms with Gasteiger partial charge in [-0.15, -0.1) is 0 Å². The third-order valence-corrected chi connectivity index (χ3v) is 2.57. The number of carbonyl (C=O) groups is 1. The average molecular weight is 260 g/mol. The maximum absolute atomic E-state index is 12.3. The van der Waals surface area contributed by atoms with Crippen LogP contribution < -0.4 is 10.6 Å². The third-order valence-electron chi connectivity index (χ3n) is 2.57. The molecule has 0 fully saturated rings. The number of carbonyl (C=O) groups excluding carboxylic acids is 1. The molecule has 1 atom stereocenters. The molecule has 0 aliphatic carbocycles. The molecule has 0 aliphatic rings. The van der Waals surface area contributed by atoms with Crippen molar-refractivity contribution in [1.82, 2.24) is 10.6 Å². The van der Waals surface area contributed by atoms with Gasteiger partial charge in [0.15, 0.2) is 0 Å². The lowest BCUT2D eigenvalue weighted by Crippen LogP contribution is -2.39. The van der Waals surface area contributed by atoms with E-state index in [0.29, 0.717) is 5.56 Å². The van der Waals surface area contributed by atoms with Crippen molar-refractivity contribution in [2.75, 3.05) is 7.05 Å². The number of hydrogen-bond acceptors (Lipinski definition) is 2. The Morgan fingerprint density at radius 1 is 1.28 bits per heavy atom. The highest BCUT2D eigenvalue weighted by atomic mass is 19.4. The SMILES string of the molecule is CN[C@H](C)C(=O)NCc1ccc(C(F)(F)F)cc1. The molecule has 1 aromatic rings. The number of benzene rings is 1. The zero-order chi connectivity index (χ0) is 13.8. The lowest BCUT2D eigenvalue weighted by molar-refractivity contribution is -0.137. The van der Waals surface area contributed by atoms with Crippen LogP contribution in [0.1, 0.15) is 18.1 Å². The van der Waals surface area contributed by atoms with Crippen LogP contribution in [0.4, 0.5) is 13.2 Å². The molecule has 3 nitrogen and oxygen atoms in total. The van der Waals surface area contributed by atoms with Crippen LogP contribution in [-0.2, 0) is 17.5 Å². The Labute approximate surface area is 103 Å². The fourth-order valence-corrected chi connectivity index (χ4v) is 1.28. The fraction of sp³-hybridized carbons (Fsp3) is 0.417. The molecule has 0 aromatic heterocycles. The number of hydrogen-bond donors (Lipinski definition) is 2. The first-order chi connectivity index (χ1) is 8.34. The number of alkyl halides is 3. The predicted molar refractivity (Wildman–Crippen MR) is 61.8 cm³/mol. The van der Waals surface area contributed by atoms with Crippen LogP contribution in [0.3, 0.4) is 0 Å². The minimum atomic E-state index is -4.33. The molecule has 18 heavy (non-hydrogen) atoms. The molecule has 6 heteroatoms. The van der Waals surface area contributed by atoms with Gasteiger partial charge >= 0.3 is 6.18 Å². The number of amides is 1. The molecular formula is C12H15F3N2O. The summed E-state index contributed by atoms with van der Waals surface area (Å²) in [6, 6.07) is 4.38. The summed E-state index contributed by atoms with van der Waals surface area (Å²) in [6.07, 6.45) is -4.33. The molecule has 1 rings (SSSR count). The maximum atomic E-state index is 12.3. The van der Waals surface area contributed by atoms with Crippen LogP contribution in [0, 0.1) is 0 Å². The average Bonchev–Trinajstić information content (AvgIpc) is 2.34. The van der Waals surface area contributed by atoms with Crippen LogP contribution in [-0.4, -0.2) is 19.0 Å². The van der Waals surface area contributed by atoms with Crippen molar-refractivity contribution in [1.29, 1.82) is 0 Å². The lowest BCUT2D eigenvalue weighted by atomic mass is 10.1. The smallest absolute Gasteiger partial charge is 0.351 e. The Morgan fingerprint density at radius 3 is 2.28 bits per heavy atom. The van der Waals surface area contributed by atoms with Crippen molar-refractivity contribution in [3.63, 3.8) is 0 Å². The van der Waals surface area contributed by atoms with Gasteiger partial charge in [-0.2, -0.15) is 13.2 Å². The van der Waals surface area contributed by atoms with Gasteiger partial charge in [0.25, 0.3) is 0 Å². The minimum absolute atomic E-state index is 0.197. The van der Waals surface area contributed by atoms with Gasteiger partial charge in [0, 0.05) is 6.54 Å². The normalized spacial score (nSPS) is 13.2. The first-order valence-corrected chi connectivity index (χ1v) is 5.45. The second kappa shape index (κ2) is 5.86. The summed E-state index contributed by atoms with van der Waals surface area (Å²) in [7, 11) is 1.66. The number of likely N-dealkylation sites (N-methyl/N-ethyl adjacent to an activating group) is 1. The molecule has 0 radical (unpaired) electrons. The molecule has 1 amide bonds. The van der Waals surface area contributed by atoms with Gasteiger partial charge in [0.1, 0.15) is 0 Å². The third kappa shape index (κ3) is 4.03. The van der Waals surface area contributed by atoms with E-state index in [2.05, 4.69) is 10.6 Å². The zero-order valence-corrected chi connectivity index (χ0v) is 10.1. The second-order valence-electron chi connectivity index (χ2n) is 3.92. The topological polar surface area (TPSA) is 41.1 Å². The molecule has 0 saturated heterocycles. The van der Waals surface area contributed by atoms with Crippen LogP contribution in [0.25, 0.3) is 0 Å². The molecule has 0 spiro atoms. The van der Waals surface area contributed by atoms with E-state index in [4.69, 9.17) is 0 Å². The molecule has 0 heterocycles. The van der Waals surface area contributed by atoms with E-state index < -0.39 is 11.7 Å². The quantitative estimate of drug-likeness (QED) is 0.868. The van der Waals surface area contributed by atoms with Crippen molar-refractivity contribution in [3.8, 4) is 0 Å². The number of rotatable bonds is 4. The molecular weight excluding hydrogens is 245 g/mol. The summed E-state index contributed by atoms with van der Waals surface area (Å²) in [5.74, 6) is -0.197. The first-order valence-electron chi connectivity index (χ1n) is 5.45. The Bertz CT molecular complexity index is 401. The Kier molecular flexibility index (Phi) is 4.72. The van der Waals surface area contributed by atoms with Gasteiger partial charge in [0.05, 0.1) is 11.6 Å². The van der Waals surface area contributed by atoms with Gasteiger partial charge in [-0.3, -0.25) is 4.79 Å². The van der Waals surface area contributed by atoms with Crippen LogP contribution >= 0.6 is 0 Å². The van der Waals surface area contributed by atoms with Crippen LogP contribution in [0.15, 0.2) is 24.3 Å². The highest BCUT2D eigenvalue weighted by Crippen LogP contribution is 2.28. The number of nitrogens with one attached hydrogen (secondary N) is 2. The van der Waals surface area contributed by atoms with E-state index in [1.54, 1.807) is 14.0 Å². The molecule has 1 aromatic carbocycles. The van der Waals surface area contributed by atoms with E-state index >= 15 is 0 Å². The summed E-state index contributed by atoms with van der Waals surface area (Å²) < 4.78 is 36.9. The van der Waals surface area contributed by atoms with Crippen LogP contribution in [0.5, 0.6) is 0 Å². The van der Waals surface area contributed by atoms with Crippen molar-refractivity contribution in [3.05, 3.63) is 35.4 Å². The molecule has 0 bridgehead atoms. The lowest BCUT2D eigenvalue weighted by Gasteiger charge is -2.11. The van der Waals surface area contributed by atoms with E-state index in [1.807, 2.05) is 0 Å². The minimum Gasteiger partial charge on any atom is -0.351 e. The standard InChI is InChI=1S/C12H15F3N2O/c1-8(16-2)11(18)17-7-9-3-5-10(6-4-9)12(13,14)15/h3-6,8,16H,7H2,1-2H3,(H,17,18)/t8-/m1/s1. The fourth-order valence-electron chi connectivity index (χ4n) is 1.28. The summed E-state index contributed by atoms with van der Waals surface area (Å²) in [5, 5.41) is 5.39.